The van der Waals surface area contributed by atoms with Crippen LogP contribution in [0.2, 0.25) is 0 Å². The highest BCUT2D eigenvalue weighted by Crippen LogP contribution is 2.39. The number of nitrogens with zero attached hydrogens (tertiary/aromatic N) is 2. The monoisotopic (exact) mass is 495 g/mol. The van der Waals surface area contributed by atoms with E-state index in [9.17, 15) is 14.0 Å². The SMILES string of the molecule is O=C1COC2CCN(C(=O)N3CCC([C@H](c4ccccc4)c4cccc(OCCF)c4)CC3)C[C@H]2N1. The predicted octanol–water partition coefficient (Wildman–Crippen LogP) is 3.59. The van der Waals surface area contributed by atoms with Crippen molar-refractivity contribution in [1.82, 2.24) is 15.1 Å². The third-order valence-corrected chi connectivity index (χ3v) is 7.60. The number of piperidine rings is 2. The lowest BCUT2D eigenvalue weighted by Gasteiger charge is -2.44. The molecule has 1 N–H and O–H groups in total. The summed E-state index contributed by atoms with van der Waals surface area (Å²) in [6.07, 6.45) is 2.51. The number of carbonyl (C=O) groups excluding carboxylic acids is 2. The van der Waals surface area contributed by atoms with Crippen molar-refractivity contribution in [2.75, 3.05) is 46.1 Å². The summed E-state index contributed by atoms with van der Waals surface area (Å²) in [4.78, 5) is 28.9. The van der Waals surface area contributed by atoms with Crippen LogP contribution in [-0.4, -0.2) is 80.0 Å². The minimum absolute atomic E-state index is 0.00577. The number of halogens is 1. The van der Waals surface area contributed by atoms with E-state index in [4.69, 9.17) is 9.47 Å². The number of alkyl halides is 1. The Kier molecular flexibility index (Phi) is 7.70. The number of ether oxygens (including phenoxy) is 2. The zero-order valence-corrected chi connectivity index (χ0v) is 20.5. The van der Waals surface area contributed by atoms with Gasteiger partial charge in [-0.25, -0.2) is 9.18 Å². The van der Waals surface area contributed by atoms with E-state index in [-0.39, 0.29) is 43.2 Å². The first-order valence-corrected chi connectivity index (χ1v) is 12.9. The van der Waals surface area contributed by atoms with E-state index in [0.29, 0.717) is 37.8 Å². The number of morpholine rings is 1. The third kappa shape index (κ3) is 5.48. The molecule has 0 aromatic heterocycles. The maximum atomic E-state index is 13.3. The number of hydrogen-bond donors (Lipinski definition) is 1. The first-order valence-electron chi connectivity index (χ1n) is 12.9. The quantitative estimate of drug-likeness (QED) is 0.665. The van der Waals surface area contributed by atoms with Gasteiger partial charge in [0.2, 0.25) is 5.91 Å². The fourth-order valence-corrected chi connectivity index (χ4v) is 5.85. The van der Waals surface area contributed by atoms with Gasteiger partial charge in [-0.3, -0.25) is 4.79 Å². The van der Waals surface area contributed by atoms with Gasteiger partial charge in [0.05, 0.1) is 12.1 Å². The molecule has 3 saturated heterocycles. The molecule has 3 heterocycles. The molecule has 0 spiro atoms. The van der Waals surface area contributed by atoms with E-state index >= 15 is 0 Å². The maximum Gasteiger partial charge on any atom is 0.320 e. The second-order valence-electron chi connectivity index (χ2n) is 9.86. The number of nitrogens with one attached hydrogen (secondary N) is 1. The van der Waals surface area contributed by atoms with Gasteiger partial charge in [-0.1, -0.05) is 42.5 Å². The number of rotatable bonds is 6. The molecular weight excluding hydrogens is 461 g/mol. The van der Waals surface area contributed by atoms with Crippen molar-refractivity contribution >= 4 is 11.9 Å². The van der Waals surface area contributed by atoms with Gasteiger partial charge >= 0.3 is 6.03 Å². The molecule has 3 fully saturated rings. The summed E-state index contributed by atoms with van der Waals surface area (Å²) in [6.45, 7) is 2.17. The van der Waals surface area contributed by atoms with E-state index in [1.807, 2.05) is 34.1 Å². The van der Waals surface area contributed by atoms with Crippen LogP contribution in [0.15, 0.2) is 54.6 Å². The lowest BCUT2D eigenvalue weighted by atomic mass is 9.76. The highest BCUT2D eigenvalue weighted by atomic mass is 19.1. The number of urea groups is 1. The van der Waals surface area contributed by atoms with Gasteiger partial charge in [0.15, 0.2) is 0 Å². The minimum atomic E-state index is -0.517. The number of hydrogen-bond acceptors (Lipinski definition) is 4. The van der Waals surface area contributed by atoms with Crippen LogP contribution in [0.1, 0.15) is 36.3 Å². The molecule has 3 aliphatic rings. The van der Waals surface area contributed by atoms with E-state index < -0.39 is 6.67 Å². The fraction of sp³-hybridized carbons (Fsp3) is 0.500. The summed E-state index contributed by atoms with van der Waals surface area (Å²) < 4.78 is 23.8. The summed E-state index contributed by atoms with van der Waals surface area (Å²) in [7, 11) is 0. The summed E-state index contributed by atoms with van der Waals surface area (Å²) in [5.41, 5.74) is 2.39. The second kappa shape index (κ2) is 11.3. The van der Waals surface area contributed by atoms with Crippen LogP contribution >= 0.6 is 0 Å². The maximum absolute atomic E-state index is 13.3. The van der Waals surface area contributed by atoms with Crippen LogP contribution in [-0.2, 0) is 9.53 Å². The molecule has 36 heavy (non-hydrogen) atoms. The van der Waals surface area contributed by atoms with Crippen molar-refractivity contribution < 1.29 is 23.5 Å². The highest BCUT2D eigenvalue weighted by Gasteiger charge is 2.38. The standard InChI is InChI=1S/C28H34FN3O4/c29-12-16-35-23-8-4-7-22(17-23)27(20-5-2-1-3-6-20)21-9-13-31(14-10-21)28(34)32-15-11-25-24(18-32)30-26(33)19-36-25/h1-8,17,21,24-25,27H,9-16,18-19H2,(H,30,33)/t24-,25?,27+/m1/s1. The summed E-state index contributed by atoms with van der Waals surface area (Å²) in [5.74, 6) is 1.10. The molecule has 3 amide bonds. The smallest absolute Gasteiger partial charge is 0.320 e. The molecule has 7 nitrogen and oxygen atoms in total. The normalized spacial score (nSPS) is 23.5. The first-order chi connectivity index (χ1) is 17.6. The Balaban J connectivity index is 1.26. The van der Waals surface area contributed by atoms with Crippen molar-refractivity contribution in [2.45, 2.75) is 37.3 Å². The van der Waals surface area contributed by atoms with Gasteiger partial charge < -0.3 is 24.6 Å². The van der Waals surface area contributed by atoms with Crippen LogP contribution in [0.4, 0.5) is 9.18 Å². The number of fused-ring (bicyclic) bond motifs is 1. The molecule has 8 heteroatoms. The van der Waals surface area contributed by atoms with Crippen LogP contribution in [0.25, 0.3) is 0 Å². The molecule has 5 rings (SSSR count). The van der Waals surface area contributed by atoms with Crippen LogP contribution in [0.3, 0.4) is 0 Å². The van der Waals surface area contributed by atoms with Gasteiger partial charge in [0.25, 0.3) is 0 Å². The first kappa shape index (κ1) is 24.6. The molecule has 3 atom stereocenters. The lowest BCUT2D eigenvalue weighted by molar-refractivity contribution is -0.139. The second-order valence-corrected chi connectivity index (χ2v) is 9.86. The number of likely N-dealkylation sites (tertiary alicyclic amines) is 2. The number of benzene rings is 2. The zero-order valence-electron chi connectivity index (χ0n) is 20.5. The summed E-state index contributed by atoms with van der Waals surface area (Å²) in [6, 6.07) is 18.3. The minimum Gasteiger partial charge on any atom is -0.491 e. The number of carbonyl (C=O) groups is 2. The molecule has 2 aromatic carbocycles. The average Bonchev–Trinajstić information content (AvgIpc) is 2.92. The summed E-state index contributed by atoms with van der Waals surface area (Å²) in [5, 5.41) is 2.97. The van der Waals surface area contributed by atoms with E-state index in [1.165, 1.54) is 5.56 Å². The van der Waals surface area contributed by atoms with Crippen molar-refractivity contribution in [2.24, 2.45) is 5.92 Å². The Morgan fingerprint density at radius 3 is 2.56 bits per heavy atom. The van der Waals surface area contributed by atoms with Crippen LogP contribution in [0, 0.1) is 5.92 Å². The topological polar surface area (TPSA) is 71.1 Å². The summed E-state index contributed by atoms with van der Waals surface area (Å²) >= 11 is 0. The van der Waals surface area contributed by atoms with Crippen LogP contribution < -0.4 is 10.1 Å². The van der Waals surface area contributed by atoms with Crippen molar-refractivity contribution in [3.8, 4) is 5.75 Å². The van der Waals surface area contributed by atoms with E-state index in [1.54, 1.807) is 0 Å². The molecule has 0 radical (unpaired) electrons. The number of amides is 3. The molecule has 0 bridgehead atoms. The molecule has 1 unspecified atom stereocenters. The van der Waals surface area contributed by atoms with Crippen LogP contribution in [0.5, 0.6) is 5.75 Å². The highest BCUT2D eigenvalue weighted by molar-refractivity contribution is 5.79. The Labute approximate surface area is 211 Å². The molecule has 3 aliphatic heterocycles. The van der Waals surface area contributed by atoms with E-state index in [2.05, 4.69) is 35.6 Å². The van der Waals surface area contributed by atoms with Gasteiger partial charge in [0, 0.05) is 32.1 Å². The zero-order chi connectivity index (χ0) is 24.9. The Hall–Kier alpha value is -3.13. The Bertz CT molecular complexity index is 1040. The Morgan fingerprint density at radius 1 is 1.03 bits per heavy atom. The third-order valence-electron chi connectivity index (χ3n) is 7.60. The molecule has 192 valence electrons. The molecule has 0 aliphatic carbocycles. The van der Waals surface area contributed by atoms with E-state index in [0.717, 1.165) is 24.8 Å². The van der Waals surface area contributed by atoms with Gasteiger partial charge in [-0.15, -0.1) is 0 Å². The van der Waals surface area contributed by atoms with Crippen molar-refractivity contribution in [3.05, 3.63) is 65.7 Å². The van der Waals surface area contributed by atoms with Gasteiger partial charge in [-0.2, -0.15) is 0 Å². The Morgan fingerprint density at radius 2 is 1.78 bits per heavy atom. The van der Waals surface area contributed by atoms with Gasteiger partial charge in [0.1, 0.15) is 25.6 Å². The average molecular weight is 496 g/mol. The largest absolute Gasteiger partial charge is 0.491 e. The lowest BCUT2D eigenvalue weighted by Crippen LogP contribution is -2.62. The fourth-order valence-electron chi connectivity index (χ4n) is 5.85. The molecule has 2 aromatic rings. The molecule has 0 saturated carbocycles. The van der Waals surface area contributed by atoms with Gasteiger partial charge in [-0.05, 0) is 48.4 Å². The van der Waals surface area contributed by atoms with Crippen molar-refractivity contribution in [3.63, 3.8) is 0 Å². The van der Waals surface area contributed by atoms with Crippen molar-refractivity contribution in [1.29, 1.82) is 0 Å². The predicted molar refractivity (Wildman–Crippen MR) is 134 cm³/mol. The molecular formula is C28H34FN3O4.